The molecule has 0 saturated carbocycles. The van der Waals surface area contributed by atoms with E-state index in [1.807, 2.05) is 0 Å². The molecule has 0 fully saturated rings. The van der Waals surface area contributed by atoms with Gasteiger partial charge < -0.3 is 9.90 Å². The molecule has 0 spiro atoms. The number of halogens is 15. The summed E-state index contributed by atoms with van der Waals surface area (Å²) in [5, 5.41) is 9.61. The fourth-order valence-electron chi connectivity index (χ4n) is 3.41. The molecule has 0 heterocycles. The van der Waals surface area contributed by atoms with E-state index in [1.54, 1.807) is 0 Å². The van der Waals surface area contributed by atoms with Crippen molar-refractivity contribution in [1.29, 1.82) is 0 Å². The van der Waals surface area contributed by atoms with Crippen molar-refractivity contribution in [3.8, 4) is 0 Å². The molecule has 0 saturated heterocycles. The quantitative estimate of drug-likeness (QED) is 0.166. The fraction of sp³-hybridized carbons (Fsp3) is 0.321. The van der Waals surface area contributed by atoms with Crippen LogP contribution in [0.15, 0.2) is 93.5 Å². The number of hydrogen-bond acceptors (Lipinski definition) is 2. The molecule has 0 bridgehead atoms. The molecule has 0 N–H and O–H groups in total. The summed E-state index contributed by atoms with van der Waals surface area (Å²) in [6.45, 7) is 4.27. The summed E-state index contributed by atoms with van der Waals surface area (Å²) in [4.78, 5) is 13.7. The Morgan fingerprint density at radius 2 is 0.783 bits per heavy atom. The van der Waals surface area contributed by atoms with Crippen LogP contribution in [0.25, 0.3) is 0 Å². The molecule has 2 nitrogen and oxygen atoms in total. The standard InChI is InChI=1S/C20H19S.C8HF15O2/c1-16-8-12-19(13-9-16)21(18-6-4-3-5-7-18)20-14-10-17(2)11-15-20;9-2(10,1(24)25)3(11,12)4(13,14)5(15,16)6(17,18)7(19,20)8(21,22)23/h3-15H,1-2H3;(H,24,25)/q+1;/p-1. The van der Waals surface area contributed by atoms with Gasteiger partial charge in [-0.3, -0.25) is 0 Å². The summed E-state index contributed by atoms with van der Waals surface area (Å²) < 4.78 is 186. The molecular weight excluding hydrogens is 685 g/mol. The topological polar surface area (TPSA) is 40.1 Å². The molecule has 254 valence electrons. The summed E-state index contributed by atoms with van der Waals surface area (Å²) in [6, 6.07) is 28.6. The highest BCUT2D eigenvalue weighted by Gasteiger charge is 2.93. The van der Waals surface area contributed by atoms with E-state index in [-0.39, 0.29) is 10.9 Å². The monoisotopic (exact) mass is 704 g/mol. The molecule has 0 aliphatic carbocycles. The van der Waals surface area contributed by atoms with E-state index in [4.69, 9.17) is 0 Å². The van der Waals surface area contributed by atoms with Crippen LogP contribution in [0.1, 0.15) is 11.1 Å². The summed E-state index contributed by atoms with van der Waals surface area (Å²) in [7, 11) is -0.0312. The second kappa shape index (κ2) is 12.9. The molecule has 3 rings (SSSR count). The number of rotatable bonds is 9. The minimum atomic E-state index is -8.50. The van der Waals surface area contributed by atoms with Crippen LogP contribution < -0.4 is 5.11 Å². The smallest absolute Gasteiger partial charge is 0.460 e. The van der Waals surface area contributed by atoms with E-state index in [0.29, 0.717) is 0 Å². The predicted octanol–water partition coefficient (Wildman–Crippen LogP) is 8.51. The van der Waals surface area contributed by atoms with Gasteiger partial charge in [-0.25, -0.2) is 0 Å². The number of alkyl halides is 15. The van der Waals surface area contributed by atoms with Crippen molar-refractivity contribution >= 4 is 16.9 Å². The average molecular weight is 704 g/mol. The van der Waals surface area contributed by atoms with Crippen molar-refractivity contribution in [3.63, 3.8) is 0 Å². The number of carboxylic acids is 1. The van der Waals surface area contributed by atoms with Gasteiger partial charge in [-0.05, 0) is 50.2 Å². The second-order valence-electron chi connectivity index (χ2n) is 9.48. The number of benzene rings is 3. The van der Waals surface area contributed by atoms with Crippen LogP contribution >= 0.6 is 0 Å². The van der Waals surface area contributed by atoms with Gasteiger partial charge in [0.1, 0.15) is 5.97 Å². The van der Waals surface area contributed by atoms with Crippen LogP contribution in [-0.2, 0) is 15.7 Å². The maximum atomic E-state index is 12.8. The van der Waals surface area contributed by atoms with Gasteiger partial charge in [0.2, 0.25) is 0 Å². The van der Waals surface area contributed by atoms with Crippen molar-refractivity contribution in [2.75, 3.05) is 0 Å². The molecule has 0 aromatic heterocycles. The van der Waals surface area contributed by atoms with E-state index in [1.165, 1.54) is 25.8 Å². The highest BCUT2D eigenvalue weighted by Crippen LogP contribution is 2.62. The van der Waals surface area contributed by atoms with Crippen LogP contribution in [0.5, 0.6) is 0 Å². The third-order valence-corrected chi connectivity index (χ3v) is 8.31. The molecular formula is C28H19F15O2S. The zero-order valence-corrected chi connectivity index (χ0v) is 23.7. The molecule has 3 aromatic carbocycles. The van der Waals surface area contributed by atoms with E-state index in [2.05, 4.69) is 92.7 Å². The Hall–Kier alpha value is -3.57. The molecule has 18 heteroatoms. The Kier molecular flexibility index (Phi) is 10.8. The van der Waals surface area contributed by atoms with Gasteiger partial charge in [-0.15, -0.1) is 0 Å². The van der Waals surface area contributed by atoms with Crippen molar-refractivity contribution in [3.05, 3.63) is 90.0 Å². The molecule has 46 heavy (non-hydrogen) atoms. The fourth-order valence-corrected chi connectivity index (χ4v) is 5.47. The van der Waals surface area contributed by atoms with Gasteiger partial charge in [0.15, 0.2) is 14.7 Å². The Balaban J connectivity index is 0.000000323. The molecule has 0 atom stereocenters. The molecule has 0 radical (unpaired) electrons. The Bertz CT molecular complexity index is 1430. The summed E-state index contributed by atoms with van der Waals surface area (Å²) in [6.07, 6.45) is -7.71. The minimum absolute atomic E-state index is 0.0312. The first kappa shape index (κ1) is 38.6. The van der Waals surface area contributed by atoms with E-state index in [9.17, 15) is 75.8 Å². The third kappa shape index (κ3) is 6.76. The van der Waals surface area contributed by atoms with Crippen molar-refractivity contribution in [1.82, 2.24) is 0 Å². The molecule has 0 unspecified atom stereocenters. The van der Waals surface area contributed by atoms with Crippen LogP contribution in [0.4, 0.5) is 65.9 Å². The van der Waals surface area contributed by atoms with E-state index < -0.39 is 47.7 Å². The maximum absolute atomic E-state index is 12.8. The third-order valence-electron chi connectivity index (χ3n) is 6.08. The Morgan fingerprint density at radius 1 is 0.478 bits per heavy atom. The largest absolute Gasteiger partial charge is 0.544 e. The zero-order chi connectivity index (χ0) is 35.7. The van der Waals surface area contributed by atoms with E-state index >= 15 is 0 Å². The van der Waals surface area contributed by atoms with Gasteiger partial charge in [-0.2, -0.15) is 65.9 Å². The van der Waals surface area contributed by atoms with Gasteiger partial charge in [-0.1, -0.05) is 53.6 Å². The number of aliphatic carboxylic acids is 1. The van der Waals surface area contributed by atoms with Gasteiger partial charge in [0, 0.05) is 0 Å². The van der Waals surface area contributed by atoms with Crippen LogP contribution in [0.3, 0.4) is 0 Å². The number of hydrogen-bond donors (Lipinski definition) is 0. The molecule has 0 aliphatic heterocycles. The lowest BCUT2D eigenvalue weighted by Gasteiger charge is -2.41. The first-order valence-electron chi connectivity index (χ1n) is 12.2. The molecule has 3 aromatic rings. The highest BCUT2D eigenvalue weighted by molar-refractivity contribution is 7.97. The normalized spacial score (nSPS) is 13.7. The van der Waals surface area contributed by atoms with Crippen molar-refractivity contribution < 1.29 is 75.8 Å². The average Bonchev–Trinajstić information content (AvgIpc) is 2.95. The van der Waals surface area contributed by atoms with Gasteiger partial charge in [0.25, 0.3) is 0 Å². The first-order chi connectivity index (χ1) is 20.7. The Labute approximate surface area is 253 Å². The number of carboxylic acid groups (broad SMARTS) is 1. The molecule has 0 amide bonds. The van der Waals surface area contributed by atoms with Gasteiger partial charge >= 0.3 is 41.7 Å². The zero-order valence-electron chi connectivity index (χ0n) is 22.9. The second-order valence-corrected chi connectivity index (χ2v) is 11.5. The molecule has 0 aliphatic rings. The lowest BCUT2D eigenvalue weighted by Crippen LogP contribution is -2.74. The van der Waals surface area contributed by atoms with Crippen LogP contribution in [0, 0.1) is 13.8 Å². The highest BCUT2D eigenvalue weighted by atomic mass is 32.2. The first-order valence-corrected chi connectivity index (χ1v) is 13.4. The maximum Gasteiger partial charge on any atom is 0.460 e. The number of carbonyl (C=O) groups excluding carboxylic acids is 1. The number of aryl methyl sites for hydroxylation is 2. The summed E-state index contributed by atoms with van der Waals surface area (Å²) in [5.74, 6) is -53.3. The van der Waals surface area contributed by atoms with Crippen molar-refractivity contribution in [2.45, 2.75) is 70.2 Å². The van der Waals surface area contributed by atoms with E-state index in [0.717, 1.165) is 0 Å². The van der Waals surface area contributed by atoms with Crippen LogP contribution in [-0.4, -0.2) is 47.7 Å². The lowest BCUT2D eigenvalue weighted by atomic mass is 9.91. The Morgan fingerprint density at radius 3 is 1.11 bits per heavy atom. The lowest BCUT2D eigenvalue weighted by molar-refractivity contribution is -0.454. The SMILES string of the molecule is Cc1ccc([S+](c2ccccc2)c2ccc(C)cc2)cc1.O=C([O-])C(F)(F)C(F)(F)C(F)(F)C(F)(F)C(F)(F)C(F)(F)C(F)(F)F. The number of carbonyl (C=O) groups is 1. The van der Waals surface area contributed by atoms with Gasteiger partial charge in [0.05, 0.1) is 10.9 Å². The van der Waals surface area contributed by atoms with Crippen LogP contribution in [0.2, 0.25) is 0 Å². The minimum Gasteiger partial charge on any atom is -0.544 e. The summed E-state index contributed by atoms with van der Waals surface area (Å²) in [5.41, 5.74) is 2.61. The summed E-state index contributed by atoms with van der Waals surface area (Å²) >= 11 is 0. The predicted molar refractivity (Wildman–Crippen MR) is 132 cm³/mol. The van der Waals surface area contributed by atoms with Crippen molar-refractivity contribution in [2.24, 2.45) is 0 Å².